The summed E-state index contributed by atoms with van der Waals surface area (Å²) >= 11 is 0. The molecule has 1 aromatic carbocycles. The highest BCUT2D eigenvalue weighted by atomic mass is 15.2. The topological polar surface area (TPSA) is 29.3 Å². The van der Waals surface area contributed by atoms with Crippen LogP contribution in [0.1, 0.15) is 58.4 Å². The van der Waals surface area contributed by atoms with E-state index in [9.17, 15) is 0 Å². The standard InChI is InChI=1S/C19H34N2/c1-4-7-14-21(15-8-5-2)19(6-3,17-20)16-18-12-10-9-11-13-18/h9-13H,4-8,14-17,20H2,1-3H3. The van der Waals surface area contributed by atoms with Crippen LogP contribution >= 0.6 is 0 Å². The van der Waals surface area contributed by atoms with E-state index in [1.165, 1.54) is 44.3 Å². The molecule has 0 radical (unpaired) electrons. The van der Waals surface area contributed by atoms with Gasteiger partial charge in [-0.25, -0.2) is 0 Å². The van der Waals surface area contributed by atoms with E-state index in [4.69, 9.17) is 5.73 Å². The summed E-state index contributed by atoms with van der Waals surface area (Å²) in [6.45, 7) is 9.92. The van der Waals surface area contributed by atoms with Crippen LogP contribution in [0.15, 0.2) is 30.3 Å². The SMILES string of the molecule is CCCCN(CCCC)C(CC)(CN)Cc1ccccc1. The van der Waals surface area contributed by atoms with Crippen LogP contribution < -0.4 is 5.73 Å². The van der Waals surface area contributed by atoms with Gasteiger partial charge in [-0.15, -0.1) is 0 Å². The molecule has 0 aliphatic heterocycles. The molecule has 2 nitrogen and oxygen atoms in total. The lowest BCUT2D eigenvalue weighted by Gasteiger charge is -2.43. The van der Waals surface area contributed by atoms with E-state index >= 15 is 0 Å². The minimum atomic E-state index is 0.117. The number of hydrogen-bond donors (Lipinski definition) is 1. The fourth-order valence-electron chi connectivity index (χ4n) is 3.07. The minimum Gasteiger partial charge on any atom is -0.329 e. The Hall–Kier alpha value is -0.860. The van der Waals surface area contributed by atoms with Gasteiger partial charge in [-0.05, 0) is 44.3 Å². The minimum absolute atomic E-state index is 0.117. The Kier molecular flexibility index (Phi) is 8.63. The molecular formula is C19H34N2. The molecule has 1 rings (SSSR count). The molecule has 21 heavy (non-hydrogen) atoms. The third kappa shape index (κ3) is 5.44. The smallest absolute Gasteiger partial charge is 0.0369 e. The highest BCUT2D eigenvalue weighted by molar-refractivity contribution is 5.18. The summed E-state index contributed by atoms with van der Waals surface area (Å²) in [5.41, 5.74) is 7.79. The molecule has 0 heterocycles. The van der Waals surface area contributed by atoms with Crippen molar-refractivity contribution in [3.63, 3.8) is 0 Å². The van der Waals surface area contributed by atoms with Gasteiger partial charge >= 0.3 is 0 Å². The van der Waals surface area contributed by atoms with Crippen molar-refractivity contribution in [1.29, 1.82) is 0 Å². The number of benzene rings is 1. The summed E-state index contributed by atoms with van der Waals surface area (Å²) in [7, 11) is 0. The Bertz CT molecular complexity index is 349. The number of hydrogen-bond acceptors (Lipinski definition) is 2. The summed E-state index contributed by atoms with van der Waals surface area (Å²) < 4.78 is 0. The van der Waals surface area contributed by atoms with Crippen molar-refractivity contribution in [2.24, 2.45) is 5.73 Å². The Morgan fingerprint density at radius 2 is 1.52 bits per heavy atom. The van der Waals surface area contributed by atoms with Crippen molar-refractivity contribution >= 4 is 0 Å². The van der Waals surface area contributed by atoms with Crippen LogP contribution in [0.2, 0.25) is 0 Å². The van der Waals surface area contributed by atoms with Crippen molar-refractivity contribution in [3.05, 3.63) is 35.9 Å². The van der Waals surface area contributed by atoms with Gasteiger partial charge < -0.3 is 5.73 Å². The van der Waals surface area contributed by atoms with Gasteiger partial charge in [-0.3, -0.25) is 4.90 Å². The van der Waals surface area contributed by atoms with E-state index in [2.05, 4.69) is 56.0 Å². The zero-order valence-electron chi connectivity index (χ0n) is 14.3. The van der Waals surface area contributed by atoms with Crippen LogP contribution in [-0.4, -0.2) is 30.1 Å². The average molecular weight is 290 g/mol. The third-order valence-corrected chi connectivity index (χ3v) is 4.65. The molecule has 1 unspecified atom stereocenters. The van der Waals surface area contributed by atoms with Gasteiger partial charge in [-0.1, -0.05) is 63.9 Å². The number of unbranched alkanes of at least 4 members (excludes halogenated alkanes) is 2. The first-order valence-electron chi connectivity index (χ1n) is 8.71. The molecule has 1 aromatic rings. The van der Waals surface area contributed by atoms with Crippen LogP contribution in [0.25, 0.3) is 0 Å². The van der Waals surface area contributed by atoms with E-state index in [-0.39, 0.29) is 5.54 Å². The second-order valence-corrected chi connectivity index (χ2v) is 6.14. The van der Waals surface area contributed by atoms with E-state index in [0.717, 1.165) is 19.4 Å². The fourth-order valence-corrected chi connectivity index (χ4v) is 3.07. The second-order valence-electron chi connectivity index (χ2n) is 6.14. The molecule has 0 saturated heterocycles. The van der Waals surface area contributed by atoms with Crippen molar-refractivity contribution in [2.75, 3.05) is 19.6 Å². The maximum absolute atomic E-state index is 6.27. The van der Waals surface area contributed by atoms with E-state index < -0.39 is 0 Å². The molecule has 2 heteroatoms. The molecule has 0 aromatic heterocycles. The van der Waals surface area contributed by atoms with E-state index in [0.29, 0.717) is 0 Å². The quantitative estimate of drug-likeness (QED) is 0.660. The molecule has 0 spiro atoms. The van der Waals surface area contributed by atoms with Gasteiger partial charge in [0.1, 0.15) is 0 Å². The largest absolute Gasteiger partial charge is 0.329 e. The van der Waals surface area contributed by atoms with Gasteiger partial charge in [0, 0.05) is 12.1 Å². The van der Waals surface area contributed by atoms with Gasteiger partial charge in [0.25, 0.3) is 0 Å². The van der Waals surface area contributed by atoms with Crippen molar-refractivity contribution in [1.82, 2.24) is 4.90 Å². The highest BCUT2D eigenvalue weighted by Crippen LogP contribution is 2.25. The third-order valence-electron chi connectivity index (χ3n) is 4.65. The zero-order chi connectivity index (χ0) is 15.6. The monoisotopic (exact) mass is 290 g/mol. The molecular weight excluding hydrogens is 256 g/mol. The Balaban J connectivity index is 2.90. The molecule has 1 atom stereocenters. The Labute approximate surface area is 131 Å². The molecule has 120 valence electrons. The van der Waals surface area contributed by atoms with Gasteiger partial charge in [0.2, 0.25) is 0 Å². The second kappa shape index (κ2) is 9.97. The number of nitrogens with two attached hydrogens (primary N) is 1. The lowest BCUT2D eigenvalue weighted by atomic mass is 9.85. The lowest BCUT2D eigenvalue weighted by Crippen LogP contribution is -2.55. The van der Waals surface area contributed by atoms with E-state index in [1.807, 2.05) is 0 Å². The Morgan fingerprint density at radius 3 is 1.95 bits per heavy atom. The van der Waals surface area contributed by atoms with Crippen molar-refractivity contribution < 1.29 is 0 Å². The Morgan fingerprint density at radius 1 is 0.952 bits per heavy atom. The maximum Gasteiger partial charge on any atom is 0.0369 e. The molecule has 0 amide bonds. The fraction of sp³-hybridized carbons (Fsp3) is 0.684. The number of nitrogens with zero attached hydrogens (tertiary/aromatic N) is 1. The predicted octanol–water partition coefficient (Wildman–Crippen LogP) is 4.24. The first-order valence-corrected chi connectivity index (χ1v) is 8.71. The maximum atomic E-state index is 6.27. The van der Waals surface area contributed by atoms with Crippen LogP contribution in [0, 0.1) is 0 Å². The highest BCUT2D eigenvalue weighted by Gasteiger charge is 2.33. The molecule has 0 aliphatic rings. The van der Waals surface area contributed by atoms with Gasteiger partial charge in [-0.2, -0.15) is 0 Å². The number of rotatable bonds is 11. The first-order chi connectivity index (χ1) is 10.2. The van der Waals surface area contributed by atoms with Crippen molar-refractivity contribution in [2.45, 2.75) is 64.8 Å². The summed E-state index contributed by atoms with van der Waals surface area (Å²) in [4.78, 5) is 2.67. The average Bonchev–Trinajstić information content (AvgIpc) is 2.54. The molecule has 0 aliphatic carbocycles. The molecule has 0 saturated carbocycles. The van der Waals surface area contributed by atoms with Crippen LogP contribution in [0.5, 0.6) is 0 Å². The summed E-state index contributed by atoms with van der Waals surface area (Å²) in [6, 6.07) is 10.8. The zero-order valence-corrected chi connectivity index (χ0v) is 14.3. The molecule has 2 N–H and O–H groups in total. The van der Waals surface area contributed by atoms with Crippen LogP contribution in [0.4, 0.5) is 0 Å². The summed E-state index contributed by atoms with van der Waals surface area (Å²) in [6.07, 6.45) is 7.21. The van der Waals surface area contributed by atoms with Crippen molar-refractivity contribution in [3.8, 4) is 0 Å². The molecule has 0 bridgehead atoms. The normalized spacial score (nSPS) is 14.3. The van der Waals surface area contributed by atoms with Gasteiger partial charge in [0.15, 0.2) is 0 Å². The lowest BCUT2D eigenvalue weighted by molar-refractivity contribution is 0.0851. The summed E-state index contributed by atoms with van der Waals surface area (Å²) in [5, 5.41) is 0. The van der Waals surface area contributed by atoms with E-state index in [1.54, 1.807) is 0 Å². The van der Waals surface area contributed by atoms with Crippen LogP contribution in [0.3, 0.4) is 0 Å². The van der Waals surface area contributed by atoms with Gasteiger partial charge in [0.05, 0.1) is 0 Å². The first kappa shape index (κ1) is 18.2. The van der Waals surface area contributed by atoms with Crippen LogP contribution in [-0.2, 0) is 6.42 Å². The predicted molar refractivity (Wildman–Crippen MR) is 93.6 cm³/mol. The molecule has 0 fully saturated rings. The summed E-state index contributed by atoms with van der Waals surface area (Å²) in [5.74, 6) is 0.